The van der Waals surface area contributed by atoms with Gasteiger partial charge in [0, 0.05) is 5.56 Å². The molecule has 0 saturated carbocycles. The summed E-state index contributed by atoms with van der Waals surface area (Å²) >= 11 is 0. The van der Waals surface area contributed by atoms with Gasteiger partial charge >= 0.3 is 0 Å². The molecule has 0 N–H and O–H groups in total. The predicted octanol–water partition coefficient (Wildman–Crippen LogP) is 2.87. The van der Waals surface area contributed by atoms with Crippen molar-refractivity contribution in [1.29, 1.82) is 5.26 Å². The summed E-state index contributed by atoms with van der Waals surface area (Å²) in [6, 6.07) is 17.6. The number of amides is 1. The number of aryl methyl sites for hydroxylation is 1. The van der Waals surface area contributed by atoms with Crippen LogP contribution in [0.3, 0.4) is 0 Å². The molecule has 0 fully saturated rings. The highest BCUT2D eigenvalue weighted by molar-refractivity contribution is 6.17. The molecule has 2 aliphatic rings. The fraction of sp³-hybridized carbons (Fsp3) is 0.211. The average Bonchev–Trinajstić information content (AvgIpc) is 2.91. The van der Waals surface area contributed by atoms with Gasteiger partial charge in [-0.3, -0.25) is 4.79 Å². The number of carbonyl (C=O) groups excluding carboxylic acids is 1. The molecule has 0 bridgehead atoms. The van der Waals surface area contributed by atoms with Gasteiger partial charge in [0.15, 0.2) is 0 Å². The van der Waals surface area contributed by atoms with E-state index in [4.69, 9.17) is 5.26 Å². The SMILES string of the molecule is N#Cc1cccc(CN2N=C3c4ccccc4CCC3C2=O)c1. The van der Waals surface area contributed by atoms with Crippen molar-refractivity contribution in [2.75, 3.05) is 0 Å². The van der Waals surface area contributed by atoms with Crippen molar-refractivity contribution in [2.24, 2.45) is 11.0 Å². The first-order valence-electron chi connectivity index (χ1n) is 7.73. The molecule has 0 spiro atoms. The Morgan fingerprint density at radius 3 is 2.96 bits per heavy atom. The molecule has 112 valence electrons. The lowest BCUT2D eigenvalue weighted by atomic mass is 9.82. The fourth-order valence-electron chi connectivity index (χ4n) is 3.36. The van der Waals surface area contributed by atoms with Crippen LogP contribution in [-0.2, 0) is 17.8 Å². The van der Waals surface area contributed by atoms with Crippen LogP contribution in [0.5, 0.6) is 0 Å². The summed E-state index contributed by atoms with van der Waals surface area (Å²) in [6.07, 6.45) is 1.74. The molecule has 2 aromatic rings. The maximum atomic E-state index is 12.7. The van der Waals surface area contributed by atoms with Crippen molar-refractivity contribution in [3.63, 3.8) is 0 Å². The van der Waals surface area contributed by atoms with Crippen LogP contribution >= 0.6 is 0 Å². The number of nitriles is 1. The van der Waals surface area contributed by atoms with E-state index in [9.17, 15) is 4.79 Å². The first-order valence-corrected chi connectivity index (χ1v) is 7.73. The van der Waals surface area contributed by atoms with E-state index in [1.54, 1.807) is 11.1 Å². The second-order valence-corrected chi connectivity index (χ2v) is 5.94. The molecule has 0 radical (unpaired) electrons. The van der Waals surface area contributed by atoms with Crippen LogP contribution < -0.4 is 0 Å². The average molecular weight is 301 g/mol. The highest BCUT2D eigenvalue weighted by atomic mass is 16.2. The van der Waals surface area contributed by atoms with E-state index in [-0.39, 0.29) is 11.8 Å². The number of hydrogen-bond acceptors (Lipinski definition) is 3. The van der Waals surface area contributed by atoms with E-state index >= 15 is 0 Å². The highest BCUT2D eigenvalue weighted by Gasteiger charge is 2.39. The molecular formula is C19H15N3O. The van der Waals surface area contributed by atoms with Crippen LogP contribution in [0.4, 0.5) is 0 Å². The Labute approximate surface area is 134 Å². The summed E-state index contributed by atoms with van der Waals surface area (Å²) in [5, 5.41) is 15.1. The Morgan fingerprint density at radius 1 is 1.22 bits per heavy atom. The van der Waals surface area contributed by atoms with Crippen molar-refractivity contribution in [1.82, 2.24) is 5.01 Å². The minimum absolute atomic E-state index is 0.0665. The minimum atomic E-state index is -0.121. The Morgan fingerprint density at radius 2 is 2.09 bits per heavy atom. The zero-order valence-corrected chi connectivity index (χ0v) is 12.6. The molecule has 2 aromatic carbocycles. The number of rotatable bonds is 2. The summed E-state index contributed by atoms with van der Waals surface area (Å²) in [5.41, 5.74) is 4.79. The minimum Gasteiger partial charge on any atom is -0.272 e. The summed E-state index contributed by atoms with van der Waals surface area (Å²) in [6.45, 7) is 0.413. The number of hydrogen-bond donors (Lipinski definition) is 0. The van der Waals surface area contributed by atoms with Gasteiger partial charge in [0.2, 0.25) is 0 Å². The molecule has 4 rings (SSSR count). The van der Waals surface area contributed by atoms with Gasteiger partial charge in [0.05, 0.1) is 29.8 Å². The van der Waals surface area contributed by atoms with E-state index in [1.807, 2.05) is 36.4 Å². The molecule has 23 heavy (non-hydrogen) atoms. The lowest BCUT2D eigenvalue weighted by molar-refractivity contribution is -0.132. The highest BCUT2D eigenvalue weighted by Crippen LogP contribution is 2.32. The van der Waals surface area contributed by atoms with Crippen molar-refractivity contribution in [3.8, 4) is 6.07 Å². The van der Waals surface area contributed by atoms with Crippen LogP contribution in [-0.4, -0.2) is 16.6 Å². The molecule has 1 aliphatic carbocycles. The third kappa shape index (κ3) is 2.31. The van der Waals surface area contributed by atoms with E-state index < -0.39 is 0 Å². The Kier molecular flexibility index (Phi) is 3.20. The summed E-state index contributed by atoms with van der Waals surface area (Å²) in [4.78, 5) is 12.7. The number of benzene rings is 2. The van der Waals surface area contributed by atoms with E-state index in [1.165, 1.54) is 5.56 Å². The Balaban J connectivity index is 1.66. The van der Waals surface area contributed by atoms with Crippen molar-refractivity contribution in [2.45, 2.75) is 19.4 Å². The number of nitrogens with zero attached hydrogens (tertiary/aromatic N) is 3. The molecule has 1 heterocycles. The van der Waals surface area contributed by atoms with Crippen molar-refractivity contribution in [3.05, 3.63) is 70.8 Å². The lowest BCUT2D eigenvalue weighted by Gasteiger charge is -2.20. The summed E-state index contributed by atoms with van der Waals surface area (Å²) in [5.74, 6) is -0.0547. The van der Waals surface area contributed by atoms with Crippen molar-refractivity contribution >= 4 is 11.6 Å². The van der Waals surface area contributed by atoms with E-state index in [2.05, 4.69) is 17.2 Å². The molecule has 1 atom stereocenters. The van der Waals surface area contributed by atoms with Crippen LogP contribution in [0.25, 0.3) is 0 Å². The van der Waals surface area contributed by atoms with Gasteiger partial charge in [-0.2, -0.15) is 10.4 Å². The van der Waals surface area contributed by atoms with Crippen LogP contribution in [0.2, 0.25) is 0 Å². The maximum Gasteiger partial charge on any atom is 0.252 e. The topological polar surface area (TPSA) is 56.5 Å². The van der Waals surface area contributed by atoms with Gasteiger partial charge in [0.25, 0.3) is 5.91 Å². The van der Waals surface area contributed by atoms with Crippen LogP contribution in [0.15, 0.2) is 53.6 Å². The van der Waals surface area contributed by atoms with Gasteiger partial charge in [-0.15, -0.1) is 0 Å². The lowest BCUT2D eigenvalue weighted by Crippen LogP contribution is -2.30. The maximum absolute atomic E-state index is 12.7. The molecule has 1 aliphatic heterocycles. The third-order valence-corrected chi connectivity index (χ3v) is 4.50. The zero-order valence-electron chi connectivity index (χ0n) is 12.6. The molecule has 1 amide bonds. The quantitative estimate of drug-likeness (QED) is 0.856. The second-order valence-electron chi connectivity index (χ2n) is 5.94. The molecular weight excluding hydrogens is 286 g/mol. The van der Waals surface area contributed by atoms with Gasteiger partial charge in [0.1, 0.15) is 0 Å². The molecule has 1 unspecified atom stereocenters. The fourth-order valence-corrected chi connectivity index (χ4v) is 3.36. The zero-order chi connectivity index (χ0) is 15.8. The monoisotopic (exact) mass is 301 g/mol. The summed E-state index contributed by atoms with van der Waals surface area (Å²) in [7, 11) is 0. The molecule has 0 saturated heterocycles. The van der Waals surface area contributed by atoms with Gasteiger partial charge in [-0.05, 0) is 36.1 Å². The Hall–Kier alpha value is -2.93. The third-order valence-electron chi connectivity index (χ3n) is 4.50. The number of carbonyl (C=O) groups is 1. The van der Waals surface area contributed by atoms with E-state index in [0.29, 0.717) is 12.1 Å². The number of fused-ring (bicyclic) bond motifs is 3. The summed E-state index contributed by atoms with van der Waals surface area (Å²) < 4.78 is 0. The van der Waals surface area contributed by atoms with Gasteiger partial charge in [-0.25, -0.2) is 5.01 Å². The predicted molar refractivity (Wildman–Crippen MR) is 86.5 cm³/mol. The van der Waals surface area contributed by atoms with Crippen molar-refractivity contribution < 1.29 is 4.79 Å². The first-order chi connectivity index (χ1) is 11.3. The van der Waals surface area contributed by atoms with Crippen LogP contribution in [0, 0.1) is 17.2 Å². The molecule has 0 aromatic heterocycles. The molecule has 4 nitrogen and oxygen atoms in total. The van der Waals surface area contributed by atoms with Crippen LogP contribution in [0.1, 0.15) is 28.7 Å². The first kappa shape index (κ1) is 13.7. The second kappa shape index (κ2) is 5.36. The molecule has 4 heteroatoms. The van der Waals surface area contributed by atoms with Gasteiger partial charge in [-0.1, -0.05) is 36.4 Å². The number of hydrazone groups is 1. The smallest absolute Gasteiger partial charge is 0.252 e. The Bertz CT molecular complexity index is 863. The largest absolute Gasteiger partial charge is 0.272 e. The van der Waals surface area contributed by atoms with Gasteiger partial charge < -0.3 is 0 Å². The standard InChI is InChI=1S/C19H15N3O/c20-11-13-4-3-5-14(10-13)12-22-19(23)17-9-8-15-6-1-2-7-16(15)18(17)21-22/h1-7,10,17H,8-9,12H2. The normalized spacial score (nSPS) is 18.9. The van der Waals surface area contributed by atoms with E-state index in [0.717, 1.165) is 29.7 Å².